The summed E-state index contributed by atoms with van der Waals surface area (Å²) in [5, 5.41) is 4.56. The zero-order valence-electron chi connectivity index (χ0n) is 12.3. The Kier molecular flexibility index (Phi) is 6.44. The lowest BCUT2D eigenvalue weighted by atomic mass is 10.00. The number of esters is 1. The van der Waals surface area contributed by atoms with Crippen LogP contribution in [0.4, 0.5) is 4.79 Å². The summed E-state index contributed by atoms with van der Waals surface area (Å²) in [6, 6.07) is -1.51. The summed E-state index contributed by atoms with van der Waals surface area (Å²) < 4.78 is 5.05. The first-order valence-corrected chi connectivity index (χ1v) is 6.96. The summed E-state index contributed by atoms with van der Waals surface area (Å²) in [5.74, 6) is -0.715. The third-order valence-electron chi connectivity index (χ3n) is 3.44. The number of ether oxygens (including phenoxy) is 1. The van der Waals surface area contributed by atoms with Crippen molar-refractivity contribution in [1.82, 2.24) is 15.5 Å². The molecule has 0 bridgehead atoms. The lowest BCUT2D eigenvalue weighted by molar-refractivity contribution is -0.152. The summed E-state index contributed by atoms with van der Waals surface area (Å²) in [4.78, 5) is 36.9. The van der Waals surface area contributed by atoms with E-state index in [1.165, 1.54) is 7.05 Å². The van der Waals surface area contributed by atoms with Crippen molar-refractivity contribution in [3.8, 4) is 0 Å². The molecule has 2 unspecified atom stereocenters. The van der Waals surface area contributed by atoms with Gasteiger partial charge in [-0.25, -0.2) is 4.79 Å². The van der Waals surface area contributed by atoms with Crippen LogP contribution in [0.3, 0.4) is 0 Å². The van der Waals surface area contributed by atoms with Crippen LogP contribution in [0.15, 0.2) is 0 Å². The van der Waals surface area contributed by atoms with Crippen LogP contribution in [0, 0.1) is 0 Å². The quantitative estimate of drug-likeness (QED) is 0.723. The van der Waals surface area contributed by atoms with Crippen LogP contribution in [-0.4, -0.2) is 55.1 Å². The minimum absolute atomic E-state index is 0.299. The Hall–Kier alpha value is -1.63. The normalized spacial score (nSPS) is 20.9. The standard InChI is InChI=1S/C13H23N3O4/c1-4-20-12(18)10-7-5-6-8-16(10)9(2)11(17)15-13(19)14-3/h9-10H,4-8H2,1-3H3,(H2,14,15,17,19). The van der Waals surface area contributed by atoms with Crippen molar-refractivity contribution in [2.75, 3.05) is 20.2 Å². The topological polar surface area (TPSA) is 87.7 Å². The Morgan fingerprint density at radius 2 is 2.05 bits per heavy atom. The Bertz CT molecular complexity index is 373. The van der Waals surface area contributed by atoms with Gasteiger partial charge in [-0.15, -0.1) is 0 Å². The van der Waals surface area contributed by atoms with Gasteiger partial charge in [0.2, 0.25) is 5.91 Å². The van der Waals surface area contributed by atoms with Gasteiger partial charge in [-0.05, 0) is 33.2 Å². The molecule has 0 spiro atoms. The second-order valence-corrected chi connectivity index (χ2v) is 4.75. The third-order valence-corrected chi connectivity index (χ3v) is 3.44. The Balaban J connectivity index is 2.71. The number of nitrogens with zero attached hydrogens (tertiary/aromatic N) is 1. The molecule has 1 aliphatic heterocycles. The average molecular weight is 285 g/mol. The molecule has 7 nitrogen and oxygen atoms in total. The van der Waals surface area contributed by atoms with Crippen molar-refractivity contribution < 1.29 is 19.1 Å². The molecule has 1 saturated heterocycles. The Labute approximate surface area is 119 Å². The molecule has 1 fully saturated rings. The number of amides is 3. The zero-order valence-corrected chi connectivity index (χ0v) is 12.3. The Morgan fingerprint density at radius 3 is 2.65 bits per heavy atom. The van der Waals surface area contributed by atoms with Gasteiger partial charge in [0.05, 0.1) is 12.6 Å². The number of nitrogens with one attached hydrogen (secondary N) is 2. The molecule has 3 amide bonds. The largest absolute Gasteiger partial charge is 0.465 e. The van der Waals surface area contributed by atoms with Crippen LogP contribution in [0.25, 0.3) is 0 Å². The fourth-order valence-corrected chi connectivity index (χ4v) is 2.34. The number of carbonyl (C=O) groups excluding carboxylic acids is 3. The summed E-state index contributed by atoms with van der Waals surface area (Å²) in [5.41, 5.74) is 0. The first-order chi connectivity index (χ1) is 9.51. The van der Waals surface area contributed by atoms with Crippen LogP contribution < -0.4 is 10.6 Å². The number of piperidine rings is 1. The van der Waals surface area contributed by atoms with Gasteiger partial charge in [-0.1, -0.05) is 6.42 Å². The van der Waals surface area contributed by atoms with E-state index >= 15 is 0 Å². The first kappa shape index (κ1) is 16.4. The SMILES string of the molecule is CCOC(=O)C1CCCCN1C(C)C(=O)NC(=O)NC. The van der Waals surface area contributed by atoms with E-state index in [0.29, 0.717) is 19.6 Å². The second-order valence-electron chi connectivity index (χ2n) is 4.75. The highest BCUT2D eigenvalue weighted by atomic mass is 16.5. The van der Waals surface area contributed by atoms with E-state index in [-0.39, 0.29) is 5.97 Å². The van der Waals surface area contributed by atoms with Crippen LogP contribution in [-0.2, 0) is 14.3 Å². The number of likely N-dealkylation sites (tertiary alicyclic amines) is 1. The van der Waals surface area contributed by atoms with Gasteiger partial charge in [0.25, 0.3) is 0 Å². The van der Waals surface area contributed by atoms with Crippen molar-refractivity contribution in [2.45, 2.75) is 45.2 Å². The first-order valence-electron chi connectivity index (χ1n) is 6.96. The Morgan fingerprint density at radius 1 is 1.35 bits per heavy atom. The highest BCUT2D eigenvalue weighted by Crippen LogP contribution is 2.20. The van der Waals surface area contributed by atoms with E-state index in [1.54, 1.807) is 18.7 Å². The van der Waals surface area contributed by atoms with Crippen molar-refractivity contribution in [1.29, 1.82) is 0 Å². The van der Waals surface area contributed by atoms with Gasteiger partial charge in [0, 0.05) is 7.05 Å². The van der Waals surface area contributed by atoms with Gasteiger partial charge < -0.3 is 10.1 Å². The molecular weight excluding hydrogens is 262 g/mol. The maximum atomic E-state index is 12.0. The van der Waals surface area contributed by atoms with Crippen LogP contribution >= 0.6 is 0 Å². The van der Waals surface area contributed by atoms with Gasteiger partial charge in [-0.2, -0.15) is 0 Å². The molecule has 0 aromatic heterocycles. The molecule has 0 radical (unpaired) electrons. The lowest BCUT2D eigenvalue weighted by Crippen LogP contribution is -2.56. The highest BCUT2D eigenvalue weighted by molar-refractivity contribution is 5.97. The number of urea groups is 1. The number of hydrogen-bond acceptors (Lipinski definition) is 5. The average Bonchev–Trinajstić information content (AvgIpc) is 2.46. The molecule has 1 rings (SSSR count). The monoisotopic (exact) mass is 285 g/mol. The maximum absolute atomic E-state index is 12.0. The van der Waals surface area contributed by atoms with Crippen LogP contribution in [0.5, 0.6) is 0 Å². The molecule has 0 aromatic carbocycles. The molecule has 0 saturated carbocycles. The van der Waals surface area contributed by atoms with Crippen LogP contribution in [0.1, 0.15) is 33.1 Å². The molecule has 2 N–H and O–H groups in total. The smallest absolute Gasteiger partial charge is 0.323 e. The van der Waals surface area contributed by atoms with Crippen molar-refractivity contribution in [3.63, 3.8) is 0 Å². The van der Waals surface area contributed by atoms with Crippen molar-refractivity contribution in [2.24, 2.45) is 0 Å². The summed E-state index contributed by atoms with van der Waals surface area (Å²) in [6.45, 7) is 4.41. The molecule has 1 heterocycles. The number of rotatable bonds is 4. The second kappa shape index (κ2) is 7.84. The van der Waals surface area contributed by atoms with Gasteiger partial charge in [-0.3, -0.25) is 19.8 Å². The molecule has 0 aliphatic carbocycles. The highest BCUT2D eigenvalue weighted by Gasteiger charge is 2.35. The predicted octanol–water partition coefficient (Wildman–Crippen LogP) is 0.248. The van der Waals surface area contributed by atoms with Crippen LogP contribution in [0.2, 0.25) is 0 Å². The summed E-state index contributed by atoms with van der Waals surface area (Å²) in [6.07, 6.45) is 2.54. The molecule has 7 heteroatoms. The van der Waals surface area contributed by atoms with Crippen molar-refractivity contribution in [3.05, 3.63) is 0 Å². The molecule has 114 valence electrons. The third kappa shape index (κ3) is 4.19. The molecular formula is C13H23N3O4. The number of carbonyl (C=O) groups is 3. The van der Waals surface area contributed by atoms with E-state index in [1.807, 2.05) is 0 Å². The molecule has 2 atom stereocenters. The van der Waals surface area contributed by atoms with E-state index < -0.39 is 24.0 Å². The minimum atomic E-state index is -0.554. The lowest BCUT2D eigenvalue weighted by Gasteiger charge is -2.37. The van der Waals surface area contributed by atoms with E-state index in [2.05, 4.69) is 10.6 Å². The van der Waals surface area contributed by atoms with E-state index in [9.17, 15) is 14.4 Å². The van der Waals surface area contributed by atoms with Gasteiger partial charge in [0.1, 0.15) is 6.04 Å². The summed E-state index contributed by atoms with van der Waals surface area (Å²) in [7, 11) is 1.44. The fraction of sp³-hybridized carbons (Fsp3) is 0.769. The fourth-order valence-electron chi connectivity index (χ4n) is 2.34. The molecule has 1 aliphatic rings. The van der Waals surface area contributed by atoms with Gasteiger partial charge >= 0.3 is 12.0 Å². The molecule has 20 heavy (non-hydrogen) atoms. The minimum Gasteiger partial charge on any atom is -0.465 e. The maximum Gasteiger partial charge on any atom is 0.323 e. The molecule has 0 aromatic rings. The van der Waals surface area contributed by atoms with Crippen molar-refractivity contribution >= 4 is 17.9 Å². The number of hydrogen-bond donors (Lipinski definition) is 2. The van der Waals surface area contributed by atoms with E-state index in [0.717, 1.165) is 12.8 Å². The zero-order chi connectivity index (χ0) is 15.1. The van der Waals surface area contributed by atoms with E-state index in [4.69, 9.17) is 4.74 Å². The summed E-state index contributed by atoms with van der Waals surface area (Å²) >= 11 is 0. The predicted molar refractivity (Wildman–Crippen MR) is 73.0 cm³/mol. The van der Waals surface area contributed by atoms with Gasteiger partial charge in [0.15, 0.2) is 0 Å². The number of imide groups is 1.